The molecule has 0 aromatic heterocycles. The summed E-state index contributed by atoms with van der Waals surface area (Å²) in [6, 6.07) is 12.4. The molecular weight excluding hydrogens is 287 g/mol. The number of halogens is 1. The van der Waals surface area contributed by atoms with E-state index in [4.69, 9.17) is 4.74 Å². The number of benzene rings is 2. The molecule has 0 heterocycles. The lowest BCUT2D eigenvalue weighted by Crippen LogP contribution is -2.34. The molecule has 0 radical (unpaired) electrons. The van der Waals surface area contributed by atoms with Crippen LogP contribution >= 0.6 is 0 Å². The van der Waals surface area contributed by atoms with Gasteiger partial charge in [0.2, 0.25) is 0 Å². The summed E-state index contributed by atoms with van der Waals surface area (Å²) in [5.41, 5.74) is 1.02. The smallest absolute Gasteiger partial charge is 0.313 e. The highest BCUT2D eigenvalue weighted by atomic mass is 19.1. The van der Waals surface area contributed by atoms with Crippen LogP contribution < -0.4 is 15.4 Å². The number of carbonyl (C=O) groups excluding carboxylic acids is 2. The third-order valence-corrected chi connectivity index (χ3v) is 2.88. The van der Waals surface area contributed by atoms with Crippen molar-refractivity contribution >= 4 is 17.5 Å². The van der Waals surface area contributed by atoms with Gasteiger partial charge in [-0.15, -0.1) is 0 Å². The molecule has 0 fully saturated rings. The Hall–Kier alpha value is -2.89. The van der Waals surface area contributed by atoms with Crippen LogP contribution in [0.15, 0.2) is 48.5 Å². The Balaban J connectivity index is 1.90. The summed E-state index contributed by atoms with van der Waals surface area (Å²) in [5.74, 6) is -1.48. The highest BCUT2D eigenvalue weighted by molar-refractivity contribution is 6.39. The van der Waals surface area contributed by atoms with E-state index in [0.717, 1.165) is 11.6 Å². The van der Waals surface area contributed by atoms with E-state index in [-0.39, 0.29) is 12.2 Å². The van der Waals surface area contributed by atoms with E-state index in [1.807, 2.05) is 0 Å². The van der Waals surface area contributed by atoms with Gasteiger partial charge in [-0.2, -0.15) is 0 Å². The lowest BCUT2D eigenvalue weighted by molar-refractivity contribution is -0.136. The minimum Gasteiger partial charge on any atom is -0.497 e. The standard InChI is InChI=1S/C16H15FN2O3/c1-22-14-7-2-4-11(8-14)10-18-15(20)16(21)19-13-6-3-5-12(17)9-13/h2-9H,10H2,1H3,(H,18,20)(H,19,21). The van der Waals surface area contributed by atoms with Gasteiger partial charge in [0.15, 0.2) is 0 Å². The van der Waals surface area contributed by atoms with Crippen LogP contribution in [0.2, 0.25) is 0 Å². The van der Waals surface area contributed by atoms with Gasteiger partial charge in [-0.3, -0.25) is 9.59 Å². The first-order valence-corrected chi connectivity index (χ1v) is 6.56. The maximum Gasteiger partial charge on any atom is 0.313 e. The van der Waals surface area contributed by atoms with Crippen LogP contribution in [0.1, 0.15) is 5.56 Å². The van der Waals surface area contributed by atoms with Crippen molar-refractivity contribution in [1.82, 2.24) is 5.32 Å². The van der Waals surface area contributed by atoms with Gasteiger partial charge in [0, 0.05) is 12.2 Å². The molecular formula is C16H15FN2O3. The van der Waals surface area contributed by atoms with Crippen LogP contribution in [0, 0.1) is 5.82 Å². The number of anilines is 1. The fraction of sp³-hybridized carbons (Fsp3) is 0.125. The second-order valence-corrected chi connectivity index (χ2v) is 4.50. The number of amides is 2. The molecule has 0 bridgehead atoms. The van der Waals surface area contributed by atoms with E-state index >= 15 is 0 Å². The maximum absolute atomic E-state index is 13.0. The summed E-state index contributed by atoms with van der Waals surface area (Å²) in [6.07, 6.45) is 0. The van der Waals surface area contributed by atoms with Crippen LogP contribution in [0.25, 0.3) is 0 Å². The first-order chi connectivity index (χ1) is 10.6. The van der Waals surface area contributed by atoms with Crippen molar-refractivity contribution in [1.29, 1.82) is 0 Å². The average Bonchev–Trinajstić information content (AvgIpc) is 2.52. The molecule has 0 aliphatic carbocycles. The molecule has 2 rings (SSSR count). The van der Waals surface area contributed by atoms with Gasteiger partial charge in [0.05, 0.1) is 7.11 Å². The Bertz CT molecular complexity index is 689. The molecule has 0 unspecified atom stereocenters. The number of hydrogen-bond acceptors (Lipinski definition) is 3. The maximum atomic E-state index is 13.0. The molecule has 22 heavy (non-hydrogen) atoms. The molecule has 2 aromatic rings. The minimum atomic E-state index is -0.853. The molecule has 0 atom stereocenters. The molecule has 5 nitrogen and oxygen atoms in total. The Morgan fingerprint density at radius 3 is 2.59 bits per heavy atom. The van der Waals surface area contributed by atoms with Crippen molar-refractivity contribution in [3.05, 3.63) is 59.9 Å². The van der Waals surface area contributed by atoms with Crippen molar-refractivity contribution in [3.8, 4) is 5.75 Å². The summed E-state index contributed by atoms with van der Waals surface area (Å²) in [4.78, 5) is 23.4. The lowest BCUT2D eigenvalue weighted by atomic mass is 10.2. The van der Waals surface area contributed by atoms with Gasteiger partial charge in [0.25, 0.3) is 0 Å². The van der Waals surface area contributed by atoms with Gasteiger partial charge in [-0.1, -0.05) is 18.2 Å². The molecule has 0 saturated heterocycles. The topological polar surface area (TPSA) is 67.4 Å². The first-order valence-electron chi connectivity index (χ1n) is 6.56. The van der Waals surface area contributed by atoms with Gasteiger partial charge in [-0.05, 0) is 35.9 Å². The van der Waals surface area contributed by atoms with Gasteiger partial charge in [-0.25, -0.2) is 4.39 Å². The third-order valence-electron chi connectivity index (χ3n) is 2.88. The zero-order chi connectivity index (χ0) is 15.9. The second-order valence-electron chi connectivity index (χ2n) is 4.50. The van der Waals surface area contributed by atoms with Crippen molar-refractivity contribution in [2.45, 2.75) is 6.54 Å². The minimum absolute atomic E-state index is 0.187. The third kappa shape index (κ3) is 4.31. The van der Waals surface area contributed by atoms with Crippen molar-refractivity contribution in [2.24, 2.45) is 0 Å². The lowest BCUT2D eigenvalue weighted by Gasteiger charge is -2.07. The van der Waals surface area contributed by atoms with Gasteiger partial charge < -0.3 is 15.4 Å². The zero-order valence-corrected chi connectivity index (χ0v) is 11.9. The molecule has 6 heteroatoms. The van der Waals surface area contributed by atoms with Crippen molar-refractivity contribution in [2.75, 3.05) is 12.4 Å². The largest absolute Gasteiger partial charge is 0.497 e. The first kappa shape index (κ1) is 15.5. The van der Waals surface area contributed by atoms with E-state index in [0.29, 0.717) is 5.75 Å². The summed E-state index contributed by atoms with van der Waals surface area (Å²) in [5, 5.41) is 4.81. The van der Waals surface area contributed by atoms with E-state index in [2.05, 4.69) is 10.6 Å². The molecule has 114 valence electrons. The molecule has 0 spiro atoms. The summed E-state index contributed by atoms with van der Waals surface area (Å²) < 4.78 is 18.1. The van der Waals surface area contributed by atoms with Crippen LogP contribution in [0.3, 0.4) is 0 Å². The normalized spacial score (nSPS) is 9.91. The summed E-state index contributed by atoms with van der Waals surface area (Å²) >= 11 is 0. The number of ether oxygens (including phenoxy) is 1. The van der Waals surface area contributed by atoms with E-state index < -0.39 is 17.6 Å². The average molecular weight is 302 g/mol. The number of methoxy groups -OCH3 is 1. The van der Waals surface area contributed by atoms with E-state index in [1.54, 1.807) is 31.4 Å². The second kappa shape index (κ2) is 7.21. The predicted molar refractivity (Wildman–Crippen MR) is 79.9 cm³/mol. The Morgan fingerprint density at radius 1 is 1.09 bits per heavy atom. The number of nitrogens with one attached hydrogen (secondary N) is 2. The fourth-order valence-corrected chi connectivity index (χ4v) is 1.80. The SMILES string of the molecule is COc1cccc(CNC(=O)C(=O)Nc2cccc(F)c2)c1. The predicted octanol–water partition coefficient (Wildman–Crippen LogP) is 2.09. The van der Waals surface area contributed by atoms with Gasteiger partial charge >= 0.3 is 11.8 Å². The van der Waals surface area contributed by atoms with Crippen molar-refractivity contribution in [3.63, 3.8) is 0 Å². The molecule has 2 aromatic carbocycles. The Labute approximate surface area is 127 Å². The fourth-order valence-electron chi connectivity index (χ4n) is 1.80. The quantitative estimate of drug-likeness (QED) is 0.850. The van der Waals surface area contributed by atoms with Crippen molar-refractivity contribution < 1.29 is 18.7 Å². The highest BCUT2D eigenvalue weighted by Crippen LogP contribution is 2.12. The highest BCUT2D eigenvalue weighted by Gasteiger charge is 2.13. The Morgan fingerprint density at radius 2 is 1.86 bits per heavy atom. The number of hydrogen-bond donors (Lipinski definition) is 2. The van der Waals surface area contributed by atoms with E-state index in [1.165, 1.54) is 18.2 Å². The molecule has 2 amide bonds. The van der Waals surface area contributed by atoms with E-state index in [9.17, 15) is 14.0 Å². The van der Waals surface area contributed by atoms with Crippen LogP contribution in [-0.4, -0.2) is 18.9 Å². The molecule has 0 aliphatic heterocycles. The number of carbonyl (C=O) groups is 2. The molecule has 0 saturated carbocycles. The monoisotopic (exact) mass is 302 g/mol. The summed E-state index contributed by atoms with van der Waals surface area (Å²) in [7, 11) is 1.55. The molecule has 0 aliphatic rings. The van der Waals surface area contributed by atoms with Crippen LogP contribution in [0.5, 0.6) is 5.75 Å². The van der Waals surface area contributed by atoms with Gasteiger partial charge in [0.1, 0.15) is 11.6 Å². The Kier molecular flexibility index (Phi) is 5.08. The van der Waals surface area contributed by atoms with Crippen LogP contribution in [0.4, 0.5) is 10.1 Å². The number of rotatable bonds is 4. The van der Waals surface area contributed by atoms with Crippen LogP contribution in [-0.2, 0) is 16.1 Å². The molecule has 2 N–H and O–H groups in total. The summed E-state index contributed by atoms with van der Waals surface area (Å²) in [6.45, 7) is 0.187. The zero-order valence-electron chi connectivity index (χ0n) is 11.9.